The molecule has 0 radical (unpaired) electrons. The Kier molecular flexibility index (Phi) is 7.31. The van der Waals surface area contributed by atoms with Crippen LogP contribution in [0.3, 0.4) is 0 Å². The first-order chi connectivity index (χ1) is 9.94. The Morgan fingerprint density at radius 2 is 1.62 bits per heavy atom. The smallest absolute Gasteiger partial charge is 0.401 e. The van der Waals surface area contributed by atoms with Crippen LogP contribution in [0.25, 0.3) is 0 Å². The van der Waals surface area contributed by atoms with E-state index in [9.17, 15) is 13.2 Å². The average Bonchev–Trinajstić information content (AvgIpc) is 2.39. The summed E-state index contributed by atoms with van der Waals surface area (Å²) >= 11 is 0. The number of benzene rings is 1. The zero-order chi connectivity index (χ0) is 15.7. The summed E-state index contributed by atoms with van der Waals surface area (Å²) in [7, 11) is 0. The summed E-state index contributed by atoms with van der Waals surface area (Å²) in [6.45, 7) is 1.23. The van der Waals surface area contributed by atoms with Crippen molar-refractivity contribution in [1.29, 1.82) is 0 Å². The van der Waals surface area contributed by atoms with Crippen LogP contribution in [0.4, 0.5) is 13.2 Å². The summed E-state index contributed by atoms with van der Waals surface area (Å²) < 4.78 is 47.6. The molecule has 0 spiro atoms. The molecule has 1 rings (SSSR count). The lowest BCUT2D eigenvalue weighted by Crippen LogP contribution is -2.38. The van der Waals surface area contributed by atoms with Crippen molar-refractivity contribution >= 4 is 0 Å². The van der Waals surface area contributed by atoms with E-state index in [4.69, 9.17) is 14.6 Å². The van der Waals surface area contributed by atoms with Crippen molar-refractivity contribution < 1.29 is 27.8 Å². The molecule has 1 aromatic rings. The maximum atomic E-state index is 12.3. The minimum absolute atomic E-state index is 0.0356. The van der Waals surface area contributed by atoms with Crippen LogP contribution in [0.2, 0.25) is 0 Å². The van der Waals surface area contributed by atoms with Gasteiger partial charge in [0.15, 0.2) is 0 Å². The highest BCUT2D eigenvalue weighted by atomic mass is 19.4. The van der Waals surface area contributed by atoms with Gasteiger partial charge in [0.2, 0.25) is 0 Å². The number of nitrogens with zero attached hydrogens (tertiary/aromatic N) is 1. The molecule has 120 valence electrons. The number of alkyl halides is 3. The van der Waals surface area contributed by atoms with E-state index in [2.05, 4.69) is 0 Å². The molecule has 0 fully saturated rings. The van der Waals surface area contributed by atoms with Crippen LogP contribution >= 0.6 is 0 Å². The van der Waals surface area contributed by atoms with Gasteiger partial charge in [-0.3, -0.25) is 4.90 Å². The Bertz CT molecular complexity index is 395. The van der Waals surface area contributed by atoms with Gasteiger partial charge in [-0.15, -0.1) is 0 Å². The molecular formula is C14H20F3NO3. The lowest BCUT2D eigenvalue weighted by molar-refractivity contribution is -0.147. The minimum atomic E-state index is -4.28. The molecule has 0 heterocycles. The fourth-order valence-electron chi connectivity index (χ4n) is 1.76. The Balaban J connectivity index is 2.38. The Morgan fingerprint density at radius 3 is 2.10 bits per heavy atom. The van der Waals surface area contributed by atoms with Gasteiger partial charge in [0.1, 0.15) is 18.1 Å². The highest BCUT2D eigenvalue weighted by Crippen LogP contribution is 2.18. The van der Waals surface area contributed by atoms with Gasteiger partial charge in [0.05, 0.1) is 19.8 Å². The molecule has 0 saturated heterocycles. The average molecular weight is 307 g/mol. The van der Waals surface area contributed by atoms with Gasteiger partial charge in [-0.2, -0.15) is 13.2 Å². The van der Waals surface area contributed by atoms with Crippen molar-refractivity contribution in [2.75, 3.05) is 39.5 Å². The van der Waals surface area contributed by atoms with Gasteiger partial charge in [0, 0.05) is 13.1 Å². The molecule has 21 heavy (non-hydrogen) atoms. The van der Waals surface area contributed by atoms with E-state index >= 15 is 0 Å². The van der Waals surface area contributed by atoms with Crippen molar-refractivity contribution in [2.45, 2.75) is 13.1 Å². The quantitative estimate of drug-likeness (QED) is 0.760. The number of hydrogen-bond donors (Lipinski definition) is 1. The molecule has 1 aromatic carbocycles. The highest BCUT2D eigenvalue weighted by molar-refractivity contribution is 5.31. The molecule has 1 N–H and O–H groups in total. The first kappa shape index (κ1) is 17.6. The normalized spacial score (nSPS) is 11.7. The standard InChI is InChI=1S/C14H20F3NO3/c1-2-20-12-3-5-13(6-4-12)21-10-8-18(7-9-19)11-14(15,16)17/h3-6,19H,2,7-11H2,1H3. The Labute approximate surface area is 122 Å². The predicted molar refractivity (Wildman–Crippen MR) is 72.7 cm³/mol. The summed E-state index contributed by atoms with van der Waals surface area (Å²) in [5, 5.41) is 8.77. The number of ether oxygens (including phenoxy) is 2. The number of aliphatic hydroxyl groups is 1. The lowest BCUT2D eigenvalue weighted by Gasteiger charge is -2.22. The van der Waals surface area contributed by atoms with Crippen LogP contribution in [0.1, 0.15) is 6.92 Å². The second-order valence-corrected chi connectivity index (χ2v) is 4.37. The third kappa shape index (κ3) is 7.77. The van der Waals surface area contributed by atoms with E-state index in [0.29, 0.717) is 18.1 Å². The molecular weight excluding hydrogens is 287 g/mol. The predicted octanol–water partition coefficient (Wildman–Crippen LogP) is 2.32. The van der Waals surface area contributed by atoms with E-state index in [1.165, 1.54) is 0 Å². The first-order valence-corrected chi connectivity index (χ1v) is 6.70. The topological polar surface area (TPSA) is 41.9 Å². The molecule has 0 aromatic heterocycles. The van der Waals surface area contributed by atoms with Crippen molar-refractivity contribution in [3.05, 3.63) is 24.3 Å². The molecule has 0 bridgehead atoms. The van der Waals surface area contributed by atoms with Crippen molar-refractivity contribution in [3.8, 4) is 11.5 Å². The van der Waals surface area contributed by atoms with Gasteiger partial charge >= 0.3 is 6.18 Å². The van der Waals surface area contributed by atoms with Crippen LogP contribution in [0, 0.1) is 0 Å². The van der Waals surface area contributed by atoms with Crippen LogP contribution in [0.5, 0.6) is 11.5 Å². The molecule has 0 aliphatic rings. The first-order valence-electron chi connectivity index (χ1n) is 6.70. The van der Waals surface area contributed by atoms with Gasteiger partial charge in [-0.1, -0.05) is 0 Å². The molecule has 7 heteroatoms. The summed E-state index contributed by atoms with van der Waals surface area (Å²) in [4.78, 5) is 1.11. The van der Waals surface area contributed by atoms with Gasteiger partial charge in [-0.05, 0) is 31.2 Å². The van der Waals surface area contributed by atoms with Crippen molar-refractivity contribution in [3.63, 3.8) is 0 Å². The molecule has 0 aliphatic carbocycles. The highest BCUT2D eigenvalue weighted by Gasteiger charge is 2.30. The second kappa shape index (κ2) is 8.74. The van der Waals surface area contributed by atoms with E-state index in [1.807, 2.05) is 6.92 Å². The van der Waals surface area contributed by atoms with E-state index in [1.54, 1.807) is 24.3 Å². The molecule has 0 aliphatic heterocycles. The van der Waals surface area contributed by atoms with E-state index < -0.39 is 12.7 Å². The molecule has 4 nitrogen and oxygen atoms in total. The summed E-state index contributed by atoms with van der Waals surface area (Å²) in [5.41, 5.74) is 0. The monoisotopic (exact) mass is 307 g/mol. The Morgan fingerprint density at radius 1 is 1.05 bits per heavy atom. The fourth-order valence-corrected chi connectivity index (χ4v) is 1.76. The van der Waals surface area contributed by atoms with Crippen LogP contribution in [0.15, 0.2) is 24.3 Å². The summed E-state index contributed by atoms with van der Waals surface area (Å²) in [6, 6.07) is 6.87. The zero-order valence-electron chi connectivity index (χ0n) is 11.9. The number of hydrogen-bond acceptors (Lipinski definition) is 4. The fraction of sp³-hybridized carbons (Fsp3) is 0.571. The van der Waals surface area contributed by atoms with Crippen molar-refractivity contribution in [1.82, 2.24) is 4.90 Å². The summed E-state index contributed by atoms with van der Waals surface area (Å²) in [6.07, 6.45) is -4.28. The van der Waals surface area contributed by atoms with Crippen molar-refractivity contribution in [2.24, 2.45) is 0 Å². The van der Waals surface area contributed by atoms with Crippen LogP contribution in [-0.4, -0.2) is 55.6 Å². The molecule has 0 atom stereocenters. The van der Waals surface area contributed by atoms with Crippen LogP contribution < -0.4 is 9.47 Å². The third-order valence-corrected chi connectivity index (χ3v) is 2.63. The number of halogens is 3. The van der Waals surface area contributed by atoms with Crippen LogP contribution in [-0.2, 0) is 0 Å². The molecule has 0 unspecified atom stereocenters. The SMILES string of the molecule is CCOc1ccc(OCCN(CCO)CC(F)(F)F)cc1. The lowest BCUT2D eigenvalue weighted by atomic mass is 10.3. The second-order valence-electron chi connectivity index (χ2n) is 4.37. The van der Waals surface area contributed by atoms with Gasteiger partial charge in [0.25, 0.3) is 0 Å². The maximum absolute atomic E-state index is 12.3. The molecule has 0 saturated carbocycles. The number of rotatable bonds is 9. The molecule has 0 amide bonds. The van der Waals surface area contributed by atoms with Gasteiger partial charge in [-0.25, -0.2) is 0 Å². The minimum Gasteiger partial charge on any atom is -0.494 e. The number of aliphatic hydroxyl groups excluding tert-OH is 1. The largest absolute Gasteiger partial charge is 0.494 e. The van der Waals surface area contributed by atoms with E-state index in [-0.39, 0.29) is 26.3 Å². The zero-order valence-corrected chi connectivity index (χ0v) is 11.9. The van der Waals surface area contributed by atoms with Gasteiger partial charge < -0.3 is 14.6 Å². The van der Waals surface area contributed by atoms with E-state index in [0.717, 1.165) is 4.90 Å². The summed E-state index contributed by atoms with van der Waals surface area (Å²) in [5.74, 6) is 1.28. The maximum Gasteiger partial charge on any atom is 0.401 e. The third-order valence-electron chi connectivity index (χ3n) is 2.63. The Hall–Kier alpha value is -1.47.